The van der Waals surface area contributed by atoms with Crippen molar-refractivity contribution >= 4 is 23.6 Å². The fraction of sp³-hybridized carbons (Fsp3) is 0.167. The van der Waals surface area contributed by atoms with E-state index in [9.17, 15) is 4.79 Å². The van der Waals surface area contributed by atoms with E-state index in [2.05, 4.69) is 5.32 Å². The molecule has 0 saturated heterocycles. The second kappa shape index (κ2) is 8.86. The predicted octanol–water partition coefficient (Wildman–Crippen LogP) is 3.56. The van der Waals surface area contributed by atoms with Crippen molar-refractivity contribution in [3.05, 3.63) is 65.2 Å². The van der Waals surface area contributed by atoms with Crippen molar-refractivity contribution < 1.29 is 14.3 Å². The lowest BCUT2D eigenvalue weighted by molar-refractivity contribution is -0.116. The minimum absolute atomic E-state index is 0.186. The van der Waals surface area contributed by atoms with E-state index in [4.69, 9.17) is 21.1 Å². The van der Waals surface area contributed by atoms with Gasteiger partial charge in [0.25, 0.3) is 0 Å². The molecule has 0 spiro atoms. The number of halogens is 1. The van der Waals surface area contributed by atoms with Gasteiger partial charge >= 0.3 is 0 Å². The van der Waals surface area contributed by atoms with Gasteiger partial charge in [-0.2, -0.15) is 0 Å². The largest absolute Gasteiger partial charge is 0.493 e. The zero-order valence-corrected chi connectivity index (χ0v) is 13.5. The Hall–Kier alpha value is -2.46. The fourth-order valence-electron chi connectivity index (χ4n) is 1.91. The van der Waals surface area contributed by atoms with E-state index in [1.807, 2.05) is 36.4 Å². The maximum Gasteiger partial charge on any atom is 0.244 e. The molecule has 0 fully saturated rings. The van der Waals surface area contributed by atoms with Crippen molar-refractivity contribution in [1.29, 1.82) is 0 Å². The van der Waals surface area contributed by atoms with Crippen LogP contribution in [0.2, 0.25) is 5.02 Å². The zero-order valence-electron chi connectivity index (χ0n) is 12.8. The molecular weight excluding hydrogens is 314 g/mol. The molecule has 0 heterocycles. The molecule has 1 N–H and O–H groups in total. The van der Waals surface area contributed by atoms with E-state index < -0.39 is 0 Å². The number of benzene rings is 2. The quantitative estimate of drug-likeness (QED) is 0.623. The Bertz CT molecular complexity index is 685. The Labute approximate surface area is 140 Å². The Morgan fingerprint density at radius 2 is 1.96 bits per heavy atom. The molecule has 0 saturated carbocycles. The molecule has 4 nitrogen and oxygen atoms in total. The molecule has 2 aromatic rings. The molecule has 5 heteroatoms. The van der Waals surface area contributed by atoms with E-state index in [-0.39, 0.29) is 5.91 Å². The minimum atomic E-state index is -0.186. The number of hydrogen-bond acceptors (Lipinski definition) is 3. The van der Waals surface area contributed by atoms with Gasteiger partial charge in [-0.05, 0) is 35.9 Å². The number of methoxy groups -OCH3 is 1. The third-order valence-corrected chi connectivity index (χ3v) is 3.24. The molecule has 0 aliphatic rings. The predicted molar refractivity (Wildman–Crippen MR) is 92.0 cm³/mol. The van der Waals surface area contributed by atoms with E-state index in [0.29, 0.717) is 29.7 Å². The van der Waals surface area contributed by atoms with Gasteiger partial charge < -0.3 is 14.8 Å². The summed E-state index contributed by atoms with van der Waals surface area (Å²) < 4.78 is 10.8. The van der Waals surface area contributed by atoms with Crippen LogP contribution in [0.15, 0.2) is 54.6 Å². The van der Waals surface area contributed by atoms with Gasteiger partial charge in [0, 0.05) is 11.1 Å². The zero-order chi connectivity index (χ0) is 16.5. The van der Waals surface area contributed by atoms with Crippen LogP contribution in [-0.4, -0.2) is 26.2 Å². The highest BCUT2D eigenvalue weighted by atomic mass is 35.5. The van der Waals surface area contributed by atoms with E-state index in [1.54, 1.807) is 25.3 Å². The first-order valence-electron chi connectivity index (χ1n) is 7.16. The number of carbonyl (C=O) groups is 1. The Balaban J connectivity index is 1.74. The summed E-state index contributed by atoms with van der Waals surface area (Å²) >= 11 is 5.88. The summed E-state index contributed by atoms with van der Waals surface area (Å²) in [4.78, 5) is 11.7. The fourth-order valence-corrected chi connectivity index (χ4v) is 2.11. The monoisotopic (exact) mass is 331 g/mol. The number of para-hydroxylation sites is 2. The van der Waals surface area contributed by atoms with Crippen LogP contribution in [0.4, 0.5) is 0 Å². The summed E-state index contributed by atoms with van der Waals surface area (Å²) in [5.41, 5.74) is 0.873. The molecule has 0 radical (unpaired) electrons. The van der Waals surface area contributed by atoms with Crippen molar-refractivity contribution in [1.82, 2.24) is 5.32 Å². The van der Waals surface area contributed by atoms with Crippen molar-refractivity contribution in [3.63, 3.8) is 0 Å². The number of nitrogens with one attached hydrogen (secondary N) is 1. The molecule has 0 atom stereocenters. The molecule has 1 amide bonds. The molecule has 120 valence electrons. The maximum atomic E-state index is 11.7. The number of ether oxygens (including phenoxy) is 2. The van der Waals surface area contributed by atoms with Gasteiger partial charge in [0.15, 0.2) is 11.5 Å². The van der Waals surface area contributed by atoms with Crippen molar-refractivity contribution in [2.24, 2.45) is 0 Å². The third kappa shape index (κ3) is 5.68. The number of carbonyl (C=O) groups excluding carboxylic acids is 1. The summed E-state index contributed by atoms with van der Waals surface area (Å²) in [7, 11) is 1.59. The number of amides is 1. The van der Waals surface area contributed by atoms with Crippen molar-refractivity contribution in [3.8, 4) is 11.5 Å². The highest BCUT2D eigenvalue weighted by Gasteiger charge is 2.02. The first kappa shape index (κ1) is 16.9. The maximum absolute atomic E-state index is 11.7. The second-order valence-electron chi connectivity index (χ2n) is 4.68. The lowest BCUT2D eigenvalue weighted by atomic mass is 10.2. The van der Waals surface area contributed by atoms with Crippen LogP contribution in [0.25, 0.3) is 6.08 Å². The Morgan fingerprint density at radius 1 is 1.17 bits per heavy atom. The number of rotatable bonds is 7. The van der Waals surface area contributed by atoms with Crippen molar-refractivity contribution in [2.45, 2.75) is 0 Å². The molecular formula is C18H18ClNO3. The van der Waals surface area contributed by atoms with Gasteiger partial charge in [0.1, 0.15) is 6.61 Å². The minimum Gasteiger partial charge on any atom is -0.493 e. The average molecular weight is 332 g/mol. The van der Waals surface area contributed by atoms with Crippen LogP contribution < -0.4 is 14.8 Å². The van der Waals surface area contributed by atoms with Gasteiger partial charge in [-0.1, -0.05) is 35.9 Å². The summed E-state index contributed by atoms with van der Waals surface area (Å²) in [6, 6.07) is 14.7. The molecule has 2 rings (SSSR count). The van der Waals surface area contributed by atoms with Gasteiger partial charge in [-0.15, -0.1) is 0 Å². The van der Waals surface area contributed by atoms with Crippen molar-refractivity contribution in [2.75, 3.05) is 20.3 Å². The SMILES string of the molecule is COc1ccccc1OCCNC(=O)/C=C/c1cccc(Cl)c1. The summed E-state index contributed by atoms with van der Waals surface area (Å²) in [6.45, 7) is 0.758. The Morgan fingerprint density at radius 3 is 2.70 bits per heavy atom. The molecule has 0 aromatic heterocycles. The van der Waals surface area contributed by atoms with E-state index in [1.165, 1.54) is 6.08 Å². The van der Waals surface area contributed by atoms with Gasteiger partial charge in [0.2, 0.25) is 5.91 Å². The molecule has 0 aliphatic heterocycles. The van der Waals surface area contributed by atoms with Crippen LogP contribution in [0, 0.1) is 0 Å². The average Bonchev–Trinajstić information content (AvgIpc) is 2.57. The lowest BCUT2D eigenvalue weighted by Crippen LogP contribution is -2.26. The van der Waals surface area contributed by atoms with Gasteiger partial charge in [-0.25, -0.2) is 0 Å². The normalized spacial score (nSPS) is 10.5. The van der Waals surface area contributed by atoms with Crippen LogP contribution in [0.1, 0.15) is 5.56 Å². The molecule has 2 aromatic carbocycles. The summed E-state index contributed by atoms with van der Waals surface area (Å²) in [6.07, 6.45) is 3.18. The first-order chi connectivity index (χ1) is 11.2. The Kier molecular flexibility index (Phi) is 6.51. The highest BCUT2D eigenvalue weighted by Crippen LogP contribution is 2.25. The number of hydrogen-bond donors (Lipinski definition) is 1. The van der Waals surface area contributed by atoms with Gasteiger partial charge in [-0.3, -0.25) is 4.79 Å². The molecule has 0 bridgehead atoms. The van der Waals surface area contributed by atoms with Crippen LogP contribution in [0.5, 0.6) is 11.5 Å². The molecule has 23 heavy (non-hydrogen) atoms. The first-order valence-corrected chi connectivity index (χ1v) is 7.54. The van der Waals surface area contributed by atoms with Crippen LogP contribution in [-0.2, 0) is 4.79 Å². The molecule has 0 aliphatic carbocycles. The van der Waals surface area contributed by atoms with Crippen LogP contribution >= 0.6 is 11.6 Å². The van der Waals surface area contributed by atoms with E-state index >= 15 is 0 Å². The third-order valence-electron chi connectivity index (χ3n) is 3.00. The topological polar surface area (TPSA) is 47.6 Å². The summed E-state index contributed by atoms with van der Waals surface area (Å²) in [5, 5.41) is 3.39. The standard InChI is InChI=1S/C18H18ClNO3/c1-22-16-7-2-3-8-17(16)23-12-11-20-18(21)10-9-14-5-4-6-15(19)13-14/h2-10,13H,11-12H2,1H3,(H,20,21)/b10-9+. The highest BCUT2D eigenvalue weighted by molar-refractivity contribution is 6.30. The lowest BCUT2D eigenvalue weighted by Gasteiger charge is -2.10. The van der Waals surface area contributed by atoms with E-state index in [0.717, 1.165) is 5.56 Å². The second-order valence-corrected chi connectivity index (χ2v) is 5.12. The van der Waals surface area contributed by atoms with Crippen LogP contribution in [0.3, 0.4) is 0 Å². The summed E-state index contributed by atoms with van der Waals surface area (Å²) in [5.74, 6) is 1.13. The smallest absolute Gasteiger partial charge is 0.244 e. The van der Waals surface area contributed by atoms with Gasteiger partial charge in [0.05, 0.1) is 13.7 Å². The molecule has 0 unspecified atom stereocenters.